The first-order valence-electron chi connectivity index (χ1n) is 10.2. The van der Waals surface area contributed by atoms with E-state index in [1.807, 2.05) is 43.0 Å². The van der Waals surface area contributed by atoms with Crippen molar-refractivity contribution in [3.05, 3.63) is 48.5 Å². The van der Waals surface area contributed by atoms with Gasteiger partial charge in [0.05, 0.1) is 7.11 Å². The molecule has 2 amide bonds. The number of anilines is 2. The van der Waals surface area contributed by atoms with Gasteiger partial charge in [-0.15, -0.1) is 0 Å². The smallest absolute Gasteiger partial charge is 0.262 e. The zero-order valence-corrected chi connectivity index (χ0v) is 17.8. The number of hydrogen-bond donors (Lipinski definition) is 1. The molecule has 0 atom stereocenters. The molecule has 0 radical (unpaired) electrons. The summed E-state index contributed by atoms with van der Waals surface area (Å²) < 4.78 is 10.6. The maximum absolute atomic E-state index is 12.1. The predicted molar refractivity (Wildman–Crippen MR) is 117 cm³/mol. The van der Waals surface area contributed by atoms with Crippen LogP contribution < -0.4 is 19.7 Å². The van der Waals surface area contributed by atoms with Crippen LogP contribution in [0.25, 0.3) is 0 Å². The number of benzene rings is 2. The first-order valence-corrected chi connectivity index (χ1v) is 10.2. The number of nitrogens with one attached hydrogen (secondary N) is 1. The molecule has 0 spiro atoms. The number of nitrogens with zero attached hydrogens (tertiary/aromatic N) is 2. The third kappa shape index (κ3) is 5.65. The summed E-state index contributed by atoms with van der Waals surface area (Å²) in [5, 5.41) is 2.84. The van der Waals surface area contributed by atoms with Crippen LogP contribution in [0.3, 0.4) is 0 Å². The average molecular weight is 412 g/mol. The van der Waals surface area contributed by atoms with Crippen molar-refractivity contribution in [2.45, 2.75) is 13.8 Å². The molecule has 0 aliphatic carbocycles. The molecular weight excluding hydrogens is 382 g/mol. The second-order valence-corrected chi connectivity index (χ2v) is 7.53. The average Bonchev–Trinajstić information content (AvgIpc) is 2.78. The van der Waals surface area contributed by atoms with Crippen molar-refractivity contribution in [1.29, 1.82) is 0 Å². The molecule has 2 aromatic rings. The summed E-state index contributed by atoms with van der Waals surface area (Å²) in [6.45, 7) is 6.88. The summed E-state index contributed by atoms with van der Waals surface area (Å²) in [5.41, 5.74) is 1.80. The van der Waals surface area contributed by atoms with E-state index in [0.717, 1.165) is 43.3 Å². The van der Waals surface area contributed by atoms with Gasteiger partial charge in [0, 0.05) is 43.5 Å². The molecule has 7 nitrogen and oxygen atoms in total. The second-order valence-electron chi connectivity index (χ2n) is 7.53. The van der Waals surface area contributed by atoms with Gasteiger partial charge in [-0.2, -0.15) is 0 Å². The van der Waals surface area contributed by atoms with Crippen molar-refractivity contribution < 1.29 is 19.1 Å². The molecule has 30 heavy (non-hydrogen) atoms. The molecule has 0 unspecified atom stereocenters. The molecule has 0 bridgehead atoms. The minimum atomic E-state index is -0.223. The molecule has 1 fully saturated rings. The monoisotopic (exact) mass is 411 g/mol. The number of ether oxygens (including phenoxy) is 2. The van der Waals surface area contributed by atoms with Crippen LogP contribution in [0, 0.1) is 5.92 Å². The lowest BCUT2D eigenvalue weighted by Crippen LogP contribution is -2.49. The summed E-state index contributed by atoms with van der Waals surface area (Å²) >= 11 is 0. The summed E-state index contributed by atoms with van der Waals surface area (Å²) in [7, 11) is 1.60. The fraction of sp³-hybridized carbons (Fsp3) is 0.391. The number of piperazine rings is 1. The zero-order valence-electron chi connectivity index (χ0n) is 17.8. The minimum Gasteiger partial charge on any atom is -0.497 e. The molecule has 1 N–H and O–H groups in total. The molecule has 2 aromatic carbocycles. The van der Waals surface area contributed by atoms with E-state index in [9.17, 15) is 9.59 Å². The van der Waals surface area contributed by atoms with Crippen LogP contribution in [0.5, 0.6) is 11.5 Å². The summed E-state index contributed by atoms with van der Waals surface area (Å²) in [4.78, 5) is 28.4. The van der Waals surface area contributed by atoms with E-state index >= 15 is 0 Å². The van der Waals surface area contributed by atoms with Crippen LogP contribution in [0.4, 0.5) is 11.4 Å². The van der Waals surface area contributed by atoms with E-state index < -0.39 is 0 Å². The maximum atomic E-state index is 12.1. The first-order chi connectivity index (χ1) is 14.5. The van der Waals surface area contributed by atoms with Crippen LogP contribution >= 0.6 is 0 Å². The van der Waals surface area contributed by atoms with Gasteiger partial charge in [0.1, 0.15) is 11.5 Å². The highest BCUT2D eigenvalue weighted by Crippen LogP contribution is 2.21. The van der Waals surface area contributed by atoms with E-state index in [2.05, 4.69) is 10.2 Å². The minimum absolute atomic E-state index is 0.0353. The second kappa shape index (κ2) is 10.0. The van der Waals surface area contributed by atoms with Gasteiger partial charge >= 0.3 is 0 Å². The van der Waals surface area contributed by atoms with E-state index in [4.69, 9.17) is 9.47 Å². The summed E-state index contributed by atoms with van der Waals surface area (Å²) in [6.07, 6.45) is 0. The molecular formula is C23H29N3O4. The van der Waals surface area contributed by atoms with Crippen LogP contribution in [0.1, 0.15) is 13.8 Å². The van der Waals surface area contributed by atoms with E-state index in [0.29, 0.717) is 5.75 Å². The normalized spacial score (nSPS) is 13.9. The van der Waals surface area contributed by atoms with Crippen molar-refractivity contribution in [3.63, 3.8) is 0 Å². The van der Waals surface area contributed by atoms with Crippen LogP contribution in [-0.2, 0) is 9.59 Å². The van der Waals surface area contributed by atoms with Crippen LogP contribution in [0.15, 0.2) is 48.5 Å². The summed E-state index contributed by atoms with van der Waals surface area (Å²) in [5.74, 6) is 1.37. The lowest BCUT2D eigenvalue weighted by atomic mass is 10.1. The van der Waals surface area contributed by atoms with Gasteiger partial charge < -0.3 is 24.6 Å². The number of amides is 2. The lowest BCUT2D eigenvalue weighted by molar-refractivity contribution is -0.134. The highest BCUT2D eigenvalue weighted by molar-refractivity contribution is 5.92. The van der Waals surface area contributed by atoms with Crippen molar-refractivity contribution >= 4 is 23.2 Å². The third-order valence-electron chi connectivity index (χ3n) is 5.03. The SMILES string of the molecule is COc1ccc(OCC(=O)Nc2ccc(N3CCN(C(=O)C(C)C)CC3)cc2)cc1. The first kappa shape index (κ1) is 21.5. The van der Waals surface area contributed by atoms with Gasteiger partial charge in [-0.3, -0.25) is 9.59 Å². The largest absolute Gasteiger partial charge is 0.497 e. The molecule has 3 rings (SSSR count). The molecule has 1 saturated heterocycles. The standard InChI is InChI=1S/C23H29N3O4/c1-17(2)23(28)26-14-12-25(13-15-26)19-6-4-18(5-7-19)24-22(27)16-30-21-10-8-20(29-3)9-11-21/h4-11,17H,12-16H2,1-3H3,(H,24,27). The van der Waals surface area contributed by atoms with Gasteiger partial charge in [0.15, 0.2) is 6.61 Å². The van der Waals surface area contributed by atoms with Gasteiger partial charge in [0.25, 0.3) is 5.91 Å². The highest BCUT2D eigenvalue weighted by atomic mass is 16.5. The fourth-order valence-corrected chi connectivity index (χ4v) is 3.32. The van der Waals surface area contributed by atoms with Crippen molar-refractivity contribution in [2.75, 3.05) is 50.1 Å². The van der Waals surface area contributed by atoms with E-state index in [1.165, 1.54) is 0 Å². The fourth-order valence-electron chi connectivity index (χ4n) is 3.32. The number of hydrogen-bond acceptors (Lipinski definition) is 5. The topological polar surface area (TPSA) is 71.1 Å². The zero-order chi connectivity index (χ0) is 21.5. The Hall–Kier alpha value is -3.22. The Bertz CT molecular complexity index is 842. The highest BCUT2D eigenvalue weighted by Gasteiger charge is 2.22. The van der Waals surface area contributed by atoms with Crippen molar-refractivity contribution in [3.8, 4) is 11.5 Å². The Labute approximate surface area is 177 Å². The maximum Gasteiger partial charge on any atom is 0.262 e. The van der Waals surface area contributed by atoms with Gasteiger partial charge in [-0.1, -0.05) is 13.8 Å². The number of rotatable bonds is 7. The van der Waals surface area contributed by atoms with Crippen molar-refractivity contribution in [1.82, 2.24) is 4.90 Å². The Balaban J connectivity index is 1.46. The Kier molecular flexibility index (Phi) is 7.17. The molecule has 1 aliphatic rings. The Morgan fingerprint density at radius 3 is 2.10 bits per heavy atom. The molecule has 1 heterocycles. The summed E-state index contributed by atoms with van der Waals surface area (Å²) in [6, 6.07) is 14.8. The predicted octanol–water partition coefficient (Wildman–Crippen LogP) is 3.02. The number of carbonyl (C=O) groups excluding carboxylic acids is 2. The van der Waals surface area contributed by atoms with E-state index in [1.54, 1.807) is 31.4 Å². The van der Waals surface area contributed by atoms with E-state index in [-0.39, 0.29) is 24.3 Å². The Morgan fingerprint density at radius 2 is 1.53 bits per heavy atom. The third-order valence-corrected chi connectivity index (χ3v) is 5.03. The molecule has 7 heteroatoms. The van der Waals surface area contributed by atoms with Gasteiger partial charge in [-0.05, 0) is 48.5 Å². The van der Waals surface area contributed by atoms with Gasteiger partial charge in [0.2, 0.25) is 5.91 Å². The van der Waals surface area contributed by atoms with Crippen LogP contribution in [-0.4, -0.2) is 56.6 Å². The molecule has 0 aromatic heterocycles. The Morgan fingerprint density at radius 1 is 0.933 bits per heavy atom. The number of carbonyl (C=O) groups is 2. The van der Waals surface area contributed by atoms with Gasteiger partial charge in [-0.25, -0.2) is 0 Å². The van der Waals surface area contributed by atoms with Crippen molar-refractivity contribution in [2.24, 2.45) is 5.92 Å². The number of methoxy groups -OCH3 is 1. The van der Waals surface area contributed by atoms with Crippen LogP contribution in [0.2, 0.25) is 0 Å². The lowest BCUT2D eigenvalue weighted by Gasteiger charge is -2.37. The molecule has 160 valence electrons. The molecule has 0 saturated carbocycles. The molecule has 1 aliphatic heterocycles. The quantitative estimate of drug-likeness (QED) is 0.758.